The first-order chi connectivity index (χ1) is 13.7. The normalized spacial score (nSPS) is 16.8. The second-order valence-corrected chi connectivity index (χ2v) is 7.12. The van der Waals surface area contributed by atoms with Gasteiger partial charge in [-0.1, -0.05) is 12.1 Å². The summed E-state index contributed by atoms with van der Waals surface area (Å²) in [6.07, 6.45) is 5.59. The SMILES string of the molecule is COc1ccc2nc([C@@H]3CCCN3c3c(C)cccc3-n3nccn3)[nH]c2c1. The number of ether oxygens (including phenoxy) is 1. The lowest BCUT2D eigenvalue weighted by Crippen LogP contribution is -2.26. The van der Waals surface area contributed by atoms with Crippen LogP contribution in [0.1, 0.15) is 30.3 Å². The zero-order chi connectivity index (χ0) is 19.1. The monoisotopic (exact) mass is 374 g/mol. The molecule has 1 aliphatic heterocycles. The Morgan fingerprint density at radius 1 is 1.14 bits per heavy atom. The maximum absolute atomic E-state index is 5.35. The Hall–Kier alpha value is -3.35. The molecule has 7 heteroatoms. The third-order valence-electron chi connectivity index (χ3n) is 5.41. The lowest BCUT2D eigenvalue weighted by molar-refractivity contribution is 0.415. The number of nitrogens with one attached hydrogen (secondary N) is 1. The van der Waals surface area contributed by atoms with Gasteiger partial charge >= 0.3 is 0 Å². The minimum absolute atomic E-state index is 0.189. The number of hydrogen-bond donors (Lipinski definition) is 1. The number of anilines is 1. The van der Waals surface area contributed by atoms with Crippen molar-refractivity contribution in [3.05, 3.63) is 60.2 Å². The maximum atomic E-state index is 5.35. The molecule has 5 rings (SSSR count). The summed E-state index contributed by atoms with van der Waals surface area (Å²) < 4.78 is 5.35. The van der Waals surface area contributed by atoms with Crippen molar-refractivity contribution in [2.75, 3.05) is 18.6 Å². The number of imidazole rings is 1. The van der Waals surface area contributed by atoms with Crippen LogP contribution in [0.3, 0.4) is 0 Å². The fourth-order valence-electron chi connectivity index (χ4n) is 4.13. The summed E-state index contributed by atoms with van der Waals surface area (Å²) in [7, 11) is 1.68. The van der Waals surface area contributed by atoms with Crippen LogP contribution in [-0.4, -0.2) is 38.6 Å². The van der Waals surface area contributed by atoms with Crippen LogP contribution in [-0.2, 0) is 0 Å². The van der Waals surface area contributed by atoms with Gasteiger partial charge in [0.15, 0.2) is 0 Å². The number of hydrogen-bond acceptors (Lipinski definition) is 5. The topological polar surface area (TPSA) is 71.9 Å². The van der Waals surface area contributed by atoms with Crippen molar-refractivity contribution >= 4 is 16.7 Å². The van der Waals surface area contributed by atoms with Crippen molar-refractivity contribution < 1.29 is 4.74 Å². The minimum atomic E-state index is 0.189. The standard InChI is InChI=1S/C21H22N6O/c1-14-5-3-6-18(27-22-10-11-23-27)20(14)26-12-4-7-19(26)21-24-16-9-8-15(28-2)13-17(16)25-21/h3,5-6,8-11,13,19H,4,7,12H2,1-2H3,(H,24,25)/t19-/m0/s1. The van der Waals surface area contributed by atoms with E-state index < -0.39 is 0 Å². The van der Waals surface area contributed by atoms with Gasteiger partial charge in [0.05, 0.1) is 42.3 Å². The molecule has 0 saturated carbocycles. The van der Waals surface area contributed by atoms with Gasteiger partial charge in [0.1, 0.15) is 17.3 Å². The largest absolute Gasteiger partial charge is 0.497 e. The Morgan fingerprint density at radius 3 is 2.82 bits per heavy atom. The van der Waals surface area contributed by atoms with Crippen LogP contribution >= 0.6 is 0 Å². The quantitative estimate of drug-likeness (QED) is 0.588. The van der Waals surface area contributed by atoms with Crippen molar-refractivity contribution in [3.63, 3.8) is 0 Å². The van der Waals surface area contributed by atoms with Crippen LogP contribution in [0, 0.1) is 6.92 Å². The molecule has 3 heterocycles. The highest BCUT2D eigenvalue weighted by molar-refractivity contribution is 5.77. The number of benzene rings is 2. The highest BCUT2D eigenvalue weighted by atomic mass is 16.5. The predicted octanol–water partition coefficient (Wildman–Crippen LogP) is 3.80. The fraction of sp³-hybridized carbons (Fsp3) is 0.286. The molecule has 0 bridgehead atoms. The number of fused-ring (bicyclic) bond motifs is 1. The van der Waals surface area contributed by atoms with Crippen LogP contribution in [0.15, 0.2) is 48.8 Å². The van der Waals surface area contributed by atoms with Crippen LogP contribution in [0.25, 0.3) is 16.7 Å². The molecule has 1 aliphatic rings. The van der Waals surface area contributed by atoms with E-state index in [2.05, 4.69) is 45.2 Å². The molecule has 1 N–H and O–H groups in total. The van der Waals surface area contributed by atoms with E-state index in [0.717, 1.165) is 47.7 Å². The molecule has 2 aromatic heterocycles. The van der Waals surface area contributed by atoms with Crippen LogP contribution in [0.2, 0.25) is 0 Å². The molecule has 2 aromatic carbocycles. The first kappa shape index (κ1) is 16.8. The van der Waals surface area contributed by atoms with Gasteiger partial charge in [0.25, 0.3) is 0 Å². The first-order valence-electron chi connectivity index (χ1n) is 9.51. The molecule has 142 valence electrons. The number of para-hydroxylation sites is 1. The first-order valence-corrected chi connectivity index (χ1v) is 9.51. The molecular weight excluding hydrogens is 352 g/mol. The third kappa shape index (κ3) is 2.70. The van der Waals surface area contributed by atoms with Gasteiger partial charge in [-0.25, -0.2) is 4.98 Å². The van der Waals surface area contributed by atoms with Crippen molar-refractivity contribution in [1.82, 2.24) is 25.0 Å². The molecule has 1 atom stereocenters. The Morgan fingerprint density at radius 2 is 2.00 bits per heavy atom. The average molecular weight is 374 g/mol. The van der Waals surface area contributed by atoms with E-state index in [0.29, 0.717) is 0 Å². The number of H-pyrrole nitrogens is 1. The van der Waals surface area contributed by atoms with Gasteiger partial charge in [-0.2, -0.15) is 10.2 Å². The molecule has 7 nitrogen and oxygen atoms in total. The zero-order valence-electron chi connectivity index (χ0n) is 16.0. The van der Waals surface area contributed by atoms with E-state index in [9.17, 15) is 0 Å². The number of aromatic nitrogens is 5. The number of rotatable bonds is 4. The van der Waals surface area contributed by atoms with E-state index >= 15 is 0 Å². The van der Waals surface area contributed by atoms with E-state index in [1.807, 2.05) is 18.2 Å². The summed E-state index contributed by atoms with van der Waals surface area (Å²) in [6, 6.07) is 12.4. The Labute approximate surface area is 163 Å². The van der Waals surface area contributed by atoms with Crippen molar-refractivity contribution in [2.45, 2.75) is 25.8 Å². The number of aromatic amines is 1. The highest BCUT2D eigenvalue weighted by Crippen LogP contribution is 2.40. The van der Waals surface area contributed by atoms with Crippen LogP contribution < -0.4 is 9.64 Å². The van der Waals surface area contributed by atoms with Gasteiger partial charge < -0.3 is 14.6 Å². The molecule has 0 unspecified atom stereocenters. The summed E-state index contributed by atoms with van der Waals surface area (Å²) in [6.45, 7) is 3.12. The molecule has 1 fully saturated rings. The van der Waals surface area contributed by atoms with E-state index in [1.54, 1.807) is 24.3 Å². The molecule has 1 saturated heterocycles. The molecule has 0 amide bonds. The smallest absolute Gasteiger partial charge is 0.130 e. The number of nitrogens with zero attached hydrogens (tertiary/aromatic N) is 5. The van der Waals surface area contributed by atoms with E-state index in [4.69, 9.17) is 9.72 Å². The Kier molecular flexibility index (Phi) is 4.00. The fourth-order valence-corrected chi connectivity index (χ4v) is 4.13. The number of methoxy groups -OCH3 is 1. The second kappa shape index (κ2) is 6.67. The van der Waals surface area contributed by atoms with Crippen LogP contribution in [0.4, 0.5) is 5.69 Å². The molecule has 0 spiro atoms. The van der Waals surface area contributed by atoms with Crippen molar-refractivity contribution in [3.8, 4) is 11.4 Å². The summed E-state index contributed by atoms with van der Waals surface area (Å²) in [5.74, 6) is 1.82. The Bertz CT molecular complexity index is 1120. The molecule has 28 heavy (non-hydrogen) atoms. The zero-order valence-corrected chi connectivity index (χ0v) is 16.0. The highest BCUT2D eigenvalue weighted by Gasteiger charge is 2.31. The van der Waals surface area contributed by atoms with Crippen molar-refractivity contribution in [2.24, 2.45) is 0 Å². The van der Waals surface area contributed by atoms with Gasteiger partial charge in [-0.15, -0.1) is 4.80 Å². The van der Waals surface area contributed by atoms with E-state index in [1.165, 1.54) is 11.3 Å². The predicted molar refractivity (Wildman–Crippen MR) is 108 cm³/mol. The number of aryl methyl sites for hydroxylation is 1. The molecular formula is C21H22N6O. The summed E-state index contributed by atoms with van der Waals surface area (Å²) in [5, 5.41) is 8.71. The third-order valence-corrected chi connectivity index (χ3v) is 5.41. The summed E-state index contributed by atoms with van der Waals surface area (Å²) in [4.78, 5) is 12.5. The molecule has 0 aliphatic carbocycles. The minimum Gasteiger partial charge on any atom is -0.497 e. The Balaban J connectivity index is 1.59. The van der Waals surface area contributed by atoms with Gasteiger partial charge in [-0.3, -0.25) is 0 Å². The van der Waals surface area contributed by atoms with Crippen molar-refractivity contribution in [1.29, 1.82) is 0 Å². The lowest BCUT2D eigenvalue weighted by Gasteiger charge is -2.28. The maximum Gasteiger partial charge on any atom is 0.130 e. The average Bonchev–Trinajstić information content (AvgIpc) is 3.46. The van der Waals surface area contributed by atoms with Crippen LogP contribution in [0.5, 0.6) is 5.75 Å². The van der Waals surface area contributed by atoms with Gasteiger partial charge in [0, 0.05) is 12.6 Å². The van der Waals surface area contributed by atoms with Gasteiger partial charge in [-0.05, 0) is 43.5 Å². The summed E-state index contributed by atoms with van der Waals surface area (Å²) in [5.41, 5.74) is 5.33. The second-order valence-electron chi connectivity index (χ2n) is 7.12. The lowest BCUT2D eigenvalue weighted by atomic mass is 10.1. The summed E-state index contributed by atoms with van der Waals surface area (Å²) >= 11 is 0. The van der Waals surface area contributed by atoms with E-state index in [-0.39, 0.29) is 6.04 Å². The van der Waals surface area contributed by atoms with Gasteiger partial charge in [0.2, 0.25) is 0 Å². The molecule has 4 aromatic rings. The molecule has 0 radical (unpaired) electrons.